The van der Waals surface area contributed by atoms with Crippen molar-refractivity contribution in [3.63, 3.8) is 0 Å². The second-order valence-corrected chi connectivity index (χ2v) is 3.49. The lowest BCUT2D eigenvalue weighted by Crippen LogP contribution is -2.29. The highest BCUT2D eigenvalue weighted by Gasteiger charge is 2.31. The third-order valence-corrected chi connectivity index (χ3v) is 2.47. The van der Waals surface area contributed by atoms with Gasteiger partial charge in [0, 0.05) is 5.03 Å². The first-order valence-electron chi connectivity index (χ1n) is 2.78. The maximum Gasteiger partial charge on any atom is 0.222 e. The predicted molar refractivity (Wildman–Crippen MR) is 44.7 cm³/mol. The topological polar surface area (TPSA) is 40.5 Å². The quantitative estimate of drug-likeness (QED) is 0.475. The minimum absolute atomic E-state index is 0.137. The average molecular weight is 215 g/mol. The van der Waals surface area contributed by atoms with Gasteiger partial charge in [-0.05, 0) is 12.2 Å². The zero-order chi connectivity index (χ0) is 8.65. The van der Waals surface area contributed by atoms with Crippen molar-refractivity contribution in [2.75, 3.05) is 0 Å². The van der Waals surface area contributed by atoms with Gasteiger partial charge >= 0.3 is 0 Å². The van der Waals surface area contributed by atoms with Crippen LogP contribution in [0.4, 0.5) is 0 Å². The Labute approximate surface area is 78.7 Å². The van der Waals surface area contributed by atoms with Crippen LogP contribution in [0.2, 0.25) is 0 Å². The van der Waals surface area contributed by atoms with Gasteiger partial charge in [-0.1, -0.05) is 23.2 Å². The molecule has 1 atom stereocenters. The number of aliphatic hydroxyl groups is 2. The molecular weight excluding hydrogens is 210 g/mol. The SMILES string of the molecule is OC1(O)C=C(Cl)C(Cl)C=C1Cl. The molecule has 1 rings (SSSR count). The van der Waals surface area contributed by atoms with Crippen molar-refractivity contribution in [2.24, 2.45) is 0 Å². The van der Waals surface area contributed by atoms with Gasteiger partial charge in [-0.25, -0.2) is 0 Å². The highest BCUT2D eigenvalue weighted by Crippen LogP contribution is 2.32. The summed E-state index contributed by atoms with van der Waals surface area (Å²) in [7, 11) is 0. The Balaban J connectivity index is 2.98. The number of rotatable bonds is 0. The summed E-state index contributed by atoms with van der Waals surface area (Å²) in [6.07, 6.45) is 2.26. The third kappa shape index (κ3) is 1.89. The van der Waals surface area contributed by atoms with Crippen LogP contribution in [0.5, 0.6) is 0 Å². The molecule has 0 aliphatic heterocycles. The molecule has 0 saturated heterocycles. The van der Waals surface area contributed by atoms with Gasteiger partial charge in [-0.3, -0.25) is 0 Å². The lowest BCUT2D eigenvalue weighted by molar-refractivity contribution is -0.0796. The fourth-order valence-electron chi connectivity index (χ4n) is 0.672. The second kappa shape index (κ2) is 2.96. The molecule has 0 radical (unpaired) electrons. The first kappa shape index (κ1) is 9.36. The molecule has 1 aliphatic carbocycles. The third-order valence-electron chi connectivity index (χ3n) is 1.25. The summed E-state index contributed by atoms with van der Waals surface area (Å²) in [5.41, 5.74) is 0. The van der Waals surface area contributed by atoms with Gasteiger partial charge in [0.2, 0.25) is 5.79 Å². The summed E-state index contributed by atoms with van der Waals surface area (Å²) in [6, 6.07) is 0. The molecule has 0 aromatic heterocycles. The van der Waals surface area contributed by atoms with E-state index in [1.54, 1.807) is 0 Å². The molecule has 2 nitrogen and oxygen atoms in total. The van der Waals surface area contributed by atoms with E-state index in [2.05, 4.69) is 0 Å². The van der Waals surface area contributed by atoms with E-state index in [9.17, 15) is 0 Å². The molecule has 11 heavy (non-hydrogen) atoms. The van der Waals surface area contributed by atoms with E-state index < -0.39 is 11.2 Å². The van der Waals surface area contributed by atoms with Crippen molar-refractivity contribution in [1.29, 1.82) is 0 Å². The number of hydrogen-bond donors (Lipinski definition) is 2. The smallest absolute Gasteiger partial charge is 0.222 e. The molecule has 1 unspecified atom stereocenters. The zero-order valence-electron chi connectivity index (χ0n) is 5.26. The zero-order valence-corrected chi connectivity index (χ0v) is 7.53. The van der Waals surface area contributed by atoms with Crippen LogP contribution < -0.4 is 0 Å². The van der Waals surface area contributed by atoms with Gasteiger partial charge in [-0.2, -0.15) is 0 Å². The van der Waals surface area contributed by atoms with Crippen molar-refractivity contribution >= 4 is 34.8 Å². The Morgan fingerprint density at radius 2 is 1.91 bits per heavy atom. The van der Waals surface area contributed by atoms with E-state index in [1.807, 2.05) is 0 Å². The van der Waals surface area contributed by atoms with E-state index in [0.29, 0.717) is 0 Å². The van der Waals surface area contributed by atoms with Crippen molar-refractivity contribution in [2.45, 2.75) is 11.2 Å². The van der Waals surface area contributed by atoms with Crippen LogP contribution in [0.1, 0.15) is 0 Å². The van der Waals surface area contributed by atoms with Gasteiger partial charge in [0.25, 0.3) is 0 Å². The standard InChI is InChI=1S/C6H5Cl3O2/c7-3-1-5(9)6(10,11)2-4(3)8/h1-3,10-11H. The monoisotopic (exact) mass is 214 g/mol. The Morgan fingerprint density at radius 1 is 1.36 bits per heavy atom. The van der Waals surface area contributed by atoms with E-state index in [4.69, 9.17) is 45.0 Å². The minimum atomic E-state index is -2.16. The van der Waals surface area contributed by atoms with Crippen molar-refractivity contribution in [1.82, 2.24) is 0 Å². The highest BCUT2D eigenvalue weighted by molar-refractivity contribution is 6.40. The first-order chi connectivity index (χ1) is 4.93. The largest absolute Gasteiger partial charge is 0.358 e. The highest BCUT2D eigenvalue weighted by atomic mass is 35.5. The molecule has 0 saturated carbocycles. The molecule has 62 valence electrons. The maximum atomic E-state index is 9.07. The van der Waals surface area contributed by atoms with Gasteiger partial charge < -0.3 is 10.2 Å². The van der Waals surface area contributed by atoms with Crippen molar-refractivity contribution in [3.8, 4) is 0 Å². The fourth-order valence-corrected chi connectivity index (χ4v) is 1.32. The summed E-state index contributed by atoms with van der Waals surface area (Å²) >= 11 is 16.6. The maximum absolute atomic E-state index is 9.07. The van der Waals surface area contributed by atoms with Gasteiger partial charge in [0.1, 0.15) is 0 Å². The summed E-state index contributed by atoms with van der Waals surface area (Å²) in [6.45, 7) is 0. The van der Waals surface area contributed by atoms with E-state index in [1.165, 1.54) is 6.08 Å². The van der Waals surface area contributed by atoms with Gasteiger partial charge in [-0.15, -0.1) is 11.6 Å². The molecule has 0 bridgehead atoms. The molecule has 0 aromatic rings. The van der Waals surface area contributed by atoms with Crippen LogP contribution in [0.25, 0.3) is 0 Å². The predicted octanol–water partition coefficient (Wildman–Crippen LogP) is 1.53. The van der Waals surface area contributed by atoms with Crippen LogP contribution in [-0.2, 0) is 0 Å². The normalized spacial score (nSPS) is 29.4. The van der Waals surface area contributed by atoms with Crippen molar-refractivity contribution in [3.05, 3.63) is 22.2 Å². The summed E-state index contributed by atoms with van der Waals surface area (Å²) in [5.74, 6) is -2.16. The number of allylic oxidation sites excluding steroid dienone is 2. The molecule has 0 fully saturated rings. The van der Waals surface area contributed by atoms with Crippen LogP contribution in [0.15, 0.2) is 22.2 Å². The Kier molecular flexibility index (Phi) is 2.52. The van der Waals surface area contributed by atoms with Crippen molar-refractivity contribution < 1.29 is 10.2 Å². The van der Waals surface area contributed by atoms with E-state index in [-0.39, 0.29) is 10.1 Å². The molecule has 2 N–H and O–H groups in total. The first-order valence-corrected chi connectivity index (χ1v) is 3.97. The van der Waals surface area contributed by atoms with Gasteiger partial charge in [0.15, 0.2) is 0 Å². The van der Waals surface area contributed by atoms with Gasteiger partial charge in [0.05, 0.1) is 10.4 Å². The van der Waals surface area contributed by atoms with Crippen LogP contribution in [0.3, 0.4) is 0 Å². The molecule has 1 aliphatic rings. The average Bonchev–Trinajstić information content (AvgIpc) is 1.83. The Bertz CT molecular complexity index is 232. The summed E-state index contributed by atoms with van der Waals surface area (Å²) < 4.78 is 0. The summed E-state index contributed by atoms with van der Waals surface area (Å²) in [5, 5.41) is 17.6. The molecule has 0 spiro atoms. The lowest BCUT2D eigenvalue weighted by atomic mass is 10.1. The Hall–Kier alpha value is 0.270. The van der Waals surface area contributed by atoms with Crippen LogP contribution >= 0.6 is 34.8 Å². The molecule has 0 aromatic carbocycles. The molecule has 0 amide bonds. The fraction of sp³-hybridized carbons (Fsp3) is 0.333. The number of hydrogen-bond acceptors (Lipinski definition) is 2. The van der Waals surface area contributed by atoms with Crippen LogP contribution in [0, 0.1) is 0 Å². The Morgan fingerprint density at radius 3 is 2.36 bits per heavy atom. The minimum Gasteiger partial charge on any atom is -0.358 e. The van der Waals surface area contributed by atoms with Crippen LogP contribution in [-0.4, -0.2) is 21.4 Å². The second-order valence-electron chi connectivity index (χ2n) is 2.17. The van der Waals surface area contributed by atoms with E-state index in [0.717, 1.165) is 6.08 Å². The molecule has 5 heteroatoms. The number of halogens is 3. The molecule has 0 heterocycles. The molecular formula is C6H5Cl3O2. The number of alkyl halides is 1. The lowest BCUT2D eigenvalue weighted by Gasteiger charge is -2.22. The summed E-state index contributed by atoms with van der Waals surface area (Å²) in [4.78, 5) is 0. The van der Waals surface area contributed by atoms with E-state index >= 15 is 0 Å².